The minimum atomic E-state index is 0.485. The fourth-order valence-electron chi connectivity index (χ4n) is 2.88. The molecule has 0 amide bonds. The first-order chi connectivity index (χ1) is 12.1. The van der Waals surface area contributed by atoms with Gasteiger partial charge < -0.3 is 10.6 Å². The van der Waals surface area contributed by atoms with Crippen LogP contribution in [0.25, 0.3) is 0 Å². The Hall–Kier alpha value is -1.61. The Morgan fingerprint density at radius 3 is 2.40 bits per heavy atom. The zero-order chi connectivity index (χ0) is 18.1. The normalized spacial score (nSPS) is 12.2. The molecule has 0 aliphatic carbocycles. The zero-order valence-electron chi connectivity index (χ0n) is 16.0. The number of benzene rings is 2. The summed E-state index contributed by atoms with van der Waals surface area (Å²) in [6.07, 6.45) is 3.67. The van der Waals surface area contributed by atoms with Crippen LogP contribution in [-0.2, 0) is 0 Å². The van der Waals surface area contributed by atoms with E-state index in [0.717, 1.165) is 11.4 Å². The molecule has 0 saturated carbocycles. The van der Waals surface area contributed by atoms with Crippen molar-refractivity contribution in [3.63, 3.8) is 0 Å². The van der Waals surface area contributed by atoms with Crippen molar-refractivity contribution in [1.29, 1.82) is 0 Å². The molecular weight excluding hydrogens is 324 g/mol. The second kappa shape index (κ2) is 10.4. The maximum Gasteiger partial charge on any atom is 0.0481 e. The number of thioether (sulfide) groups is 1. The number of para-hydroxylation sites is 1. The van der Waals surface area contributed by atoms with Crippen LogP contribution in [0.4, 0.5) is 17.1 Å². The van der Waals surface area contributed by atoms with Crippen LogP contribution in [0, 0.1) is 5.92 Å². The molecule has 0 aliphatic rings. The lowest BCUT2D eigenvalue weighted by atomic mass is 10.1. The second-order valence-corrected chi connectivity index (χ2v) is 8.22. The molecule has 2 aromatic carbocycles. The lowest BCUT2D eigenvalue weighted by molar-refractivity contribution is 0.539. The first kappa shape index (κ1) is 19.7. The molecule has 0 aromatic heterocycles. The van der Waals surface area contributed by atoms with Crippen LogP contribution in [0.2, 0.25) is 0 Å². The summed E-state index contributed by atoms with van der Waals surface area (Å²) < 4.78 is 0. The summed E-state index contributed by atoms with van der Waals surface area (Å²) in [6, 6.07) is 17.5. The highest BCUT2D eigenvalue weighted by Gasteiger charge is 2.10. The van der Waals surface area contributed by atoms with E-state index in [0.29, 0.717) is 12.0 Å². The molecule has 2 nitrogen and oxygen atoms in total. The SMILES string of the molecule is CCCCSc1cc(Nc2ccccc2)ccc1NC(C)CC(C)C. The Kier molecular flexibility index (Phi) is 8.20. The van der Waals surface area contributed by atoms with E-state index in [1.54, 1.807) is 0 Å². The third kappa shape index (κ3) is 7.03. The van der Waals surface area contributed by atoms with Crippen molar-refractivity contribution in [3.05, 3.63) is 48.5 Å². The number of unbranched alkanes of at least 4 members (excludes halogenated alkanes) is 1. The molecule has 2 rings (SSSR count). The summed E-state index contributed by atoms with van der Waals surface area (Å²) in [5.41, 5.74) is 3.53. The number of nitrogens with one attached hydrogen (secondary N) is 2. The number of hydrogen-bond donors (Lipinski definition) is 2. The van der Waals surface area contributed by atoms with Gasteiger partial charge in [0.2, 0.25) is 0 Å². The van der Waals surface area contributed by atoms with Crippen LogP contribution < -0.4 is 10.6 Å². The fourth-order valence-corrected chi connectivity index (χ4v) is 4.03. The molecule has 3 heteroatoms. The third-order valence-corrected chi connectivity index (χ3v) is 5.17. The molecule has 0 spiro atoms. The van der Waals surface area contributed by atoms with Gasteiger partial charge in [-0.15, -0.1) is 11.8 Å². The predicted molar refractivity (Wildman–Crippen MR) is 114 cm³/mol. The van der Waals surface area contributed by atoms with E-state index in [9.17, 15) is 0 Å². The van der Waals surface area contributed by atoms with Crippen LogP contribution in [0.15, 0.2) is 53.4 Å². The van der Waals surface area contributed by atoms with Crippen LogP contribution >= 0.6 is 11.8 Å². The van der Waals surface area contributed by atoms with Gasteiger partial charge in [-0.1, -0.05) is 45.4 Å². The fraction of sp³-hybridized carbons (Fsp3) is 0.455. The van der Waals surface area contributed by atoms with Gasteiger partial charge in [-0.3, -0.25) is 0 Å². The topological polar surface area (TPSA) is 24.1 Å². The van der Waals surface area contributed by atoms with Gasteiger partial charge in [-0.05, 0) is 61.8 Å². The Morgan fingerprint density at radius 2 is 1.72 bits per heavy atom. The molecule has 0 bridgehead atoms. The molecule has 0 heterocycles. The summed E-state index contributed by atoms with van der Waals surface area (Å²) in [7, 11) is 0. The summed E-state index contributed by atoms with van der Waals surface area (Å²) in [5, 5.41) is 7.22. The van der Waals surface area contributed by atoms with Crippen LogP contribution in [0.3, 0.4) is 0 Å². The van der Waals surface area contributed by atoms with Crippen molar-refractivity contribution in [2.45, 2.75) is 57.9 Å². The van der Waals surface area contributed by atoms with E-state index in [1.807, 2.05) is 17.8 Å². The van der Waals surface area contributed by atoms with Crippen molar-refractivity contribution in [2.24, 2.45) is 5.92 Å². The van der Waals surface area contributed by atoms with E-state index >= 15 is 0 Å². The molecule has 1 unspecified atom stereocenters. The first-order valence-corrected chi connectivity index (χ1v) is 10.4. The maximum atomic E-state index is 3.71. The van der Waals surface area contributed by atoms with Crippen molar-refractivity contribution in [1.82, 2.24) is 0 Å². The highest BCUT2D eigenvalue weighted by atomic mass is 32.2. The molecule has 136 valence electrons. The van der Waals surface area contributed by atoms with Crippen molar-refractivity contribution < 1.29 is 0 Å². The third-order valence-electron chi connectivity index (χ3n) is 4.03. The zero-order valence-corrected chi connectivity index (χ0v) is 16.8. The number of rotatable bonds is 10. The van der Waals surface area contributed by atoms with Gasteiger partial charge in [0.25, 0.3) is 0 Å². The minimum absolute atomic E-state index is 0.485. The molecule has 25 heavy (non-hydrogen) atoms. The largest absolute Gasteiger partial charge is 0.382 e. The van der Waals surface area contributed by atoms with E-state index in [2.05, 4.69) is 80.8 Å². The quantitative estimate of drug-likeness (QED) is 0.348. The monoisotopic (exact) mass is 356 g/mol. The van der Waals surface area contributed by atoms with E-state index in [-0.39, 0.29) is 0 Å². The lowest BCUT2D eigenvalue weighted by Gasteiger charge is -2.20. The minimum Gasteiger partial charge on any atom is -0.382 e. The highest BCUT2D eigenvalue weighted by Crippen LogP contribution is 2.33. The predicted octanol–water partition coefficient (Wildman–Crippen LogP) is 7.17. The van der Waals surface area contributed by atoms with E-state index in [4.69, 9.17) is 0 Å². The lowest BCUT2D eigenvalue weighted by Crippen LogP contribution is -2.17. The number of hydrogen-bond acceptors (Lipinski definition) is 3. The molecular formula is C22H32N2S. The Balaban J connectivity index is 2.13. The van der Waals surface area contributed by atoms with Crippen LogP contribution in [-0.4, -0.2) is 11.8 Å². The number of anilines is 3. The van der Waals surface area contributed by atoms with Crippen molar-refractivity contribution in [2.75, 3.05) is 16.4 Å². The van der Waals surface area contributed by atoms with E-state index < -0.39 is 0 Å². The van der Waals surface area contributed by atoms with Crippen LogP contribution in [0.1, 0.15) is 47.0 Å². The van der Waals surface area contributed by atoms with Crippen molar-refractivity contribution >= 4 is 28.8 Å². The summed E-state index contributed by atoms with van der Waals surface area (Å²) >= 11 is 1.95. The molecule has 0 saturated heterocycles. The van der Waals surface area contributed by atoms with Gasteiger partial charge in [0.15, 0.2) is 0 Å². The van der Waals surface area contributed by atoms with Gasteiger partial charge >= 0.3 is 0 Å². The van der Waals surface area contributed by atoms with Gasteiger partial charge in [0.1, 0.15) is 0 Å². The van der Waals surface area contributed by atoms with Crippen LogP contribution in [0.5, 0.6) is 0 Å². The standard InChI is InChI=1S/C22H32N2S/c1-5-6-14-25-22-16-20(24-19-10-8-7-9-11-19)12-13-21(22)23-18(4)15-17(2)3/h7-13,16-18,23-24H,5-6,14-15H2,1-4H3. The smallest absolute Gasteiger partial charge is 0.0481 e. The average Bonchev–Trinajstić information content (AvgIpc) is 2.57. The highest BCUT2D eigenvalue weighted by molar-refractivity contribution is 7.99. The summed E-state index contributed by atoms with van der Waals surface area (Å²) in [5.74, 6) is 1.87. The van der Waals surface area contributed by atoms with Gasteiger partial charge in [0.05, 0.1) is 0 Å². The molecule has 0 aliphatic heterocycles. The van der Waals surface area contributed by atoms with Gasteiger partial charge in [-0.2, -0.15) is 0 Å². The molecule has 2 aromatic rings. The Bertz CT molecular complexity index is 625. The molecule has 1 atom stereocenters. The second-order valence-electron chi connectivity index (χ2n) is 7.08. The Labute approximate surface area is 157 Å². The maximum absolute atomic E-state index is 3.71. The van der Waals surface area contributed by atoms with Gasteiger partial charge in [0, 0.05) is 28.0 Å². The molecule has 0 fully saturated rings. The Morgan fingerprint density at radius 1 is 0.960 bits per heavy atom. The average molecular weight is 357 g/mol. The molecule has 2 N–H and O–H groups in total. The van der Waals surface area contributed by atoms with Gasteiger partial charge in [-0.25, -0.2) is 0 Å². The summed E-state index contributed by atoms with van der Waals surface area (Å²) in [4.78, 5) is 1.34. The molecule has 0 radical (unpaired) electrons. The summed E-state index contributed by atoms with van der Waals surface area (Å²) in [6.45, 7) is 9.08. The van der Waals surface area contributed by atoms with E-state index in [1.165, 1.54) is 35.6 Å². The first-order valence-electron chi connectivity index (χ1n) is 9.44. The van der Waals surface area contributed by atoms with Crippen molar-refractivity contribution in [3.8, 4) is 0 Å².